The monoisotopic (exact) mass is 352 g/mol. The van der Waals surface area contributed by atoms with Crippen molar-refractivity contribution in [3.63, 3.8) is 0 Å². The number of hydrogen-bond acceptors (Lipinski definition) is 3. The van der Waals surface area contributed by atoms with E-state index in [4.69, 9.17) is 27.9 Å². The van der Waals surface area contributed by atoms with E-state index in [2.05, 4.69) is 10.6 Å². The van der Waals surface area contributed by atoms with Gasteiger partial charge in [-0.2, -0.15) is 0 Å². The number of carbonyl (C=O) groups is 1. The van der Waals surface area contributed by atoms with Crippen LogP contribution in [-0.4, -0.2) is 19.1 Å². The fourth-order valence-corrected chi connectivity index (χ4v) is 2.44. The van der Waals surface area contributed by atoms with Crippen LogP contribution >= 0.6 is 23.2 Å². The first-order valence-corrected chi connectivity index (χ1v) is 8.05. The molecule has 0 aromatic heterocycles. The summed E-state index contributed by atoms with van der Waals surface area (Å²) in [6, 6.07) is 12.5. The van der Waals surface area contributed by atoms with Gasteiger partial charge in [0.25, 0.3) is 0 Å². The summed E-state index contributed by atoms with van der Waals surface area (Å²) in [5.74, 6) is 0.705. The van der Waals surface area contributed by atoms with Crippen LogP contribution in [0.25, 0.3) is 0 Å². The Labute approximate surface area is 145 Å². The maximum absolute atomic E-state index is 11.9. The van der Waals surface area contributed by atoms with E-state index >= 15 is 0 Å². The summed E-state index contributed by atoms with van der Waals surface area (Å²) >= 11 is 11.9. The van der Waals surface area contributed by atoms with Gasteiger partial charge < -0.3 is 15.4 Å². The maximum Gasteiger partial charge on any atom is 0.226 e. The average Bonchev–Trinajstić information content (AvgIpc) is 2.52. The maximum atomic E-state index is 11.9. The van der Waals surface area contributed by atoms with Crippen LogP contribution in [0.2, 0.25) is 10.0 Å². The zero-order chi connectivity index (χ0) is 16.7. The first-order valence-electron chi connectivity index (χ1n) is 7.30. The molecule has 6 heteroatoms. The van der Waals surface area contributed by atoms with E-state index in [1.807, 2.05) is 31.2 Å². The highest BCUT2D eigenvalue weighted by atomic mass is 35.5. The molecule has 0 heterocycles. The van der Waals surface area contributed by atoms with Gasteiger partial charge in [-0.05, 0) is 49.4 Å². The Morgan fingerprint density at radius 3 is 2.52 bits per heavy atom. The quantitative estimate of drug-likeness (QED) is 0.749. The summed E-state index contributed by atoms with van der Waals surface area (Å²) < 4.78 is 5.35. The molecule has 0 atom stereocenters. The summed E-state index contributed by atoms with van der Waals surface area (Å²) in [7, 11) is 0. The fraction of sp³-hybridized carbons (Fsp3) is 0.235. The predicted octanol–water partition coefficient (Wildman–Crippen LogP) is 4.83. The summed E-state index contributed by atoms with van der Waals surface area (Å²) in [4.78, 5) is 11.9. The van der Waals surface area contributed by atoms with Crippen LogP contribution in [0.3, 0.4) is 0 Å². The van der Waals surface area contributed by atoms with Crippen molar-refractivity contribution in [3.05, 3.63) is 52.5 Å². The standard InChI is InChI=1S/C17H18Cl2N2O2/c1-2-23-14-6-4-13(5-7-14)21-17(22)9-10-20-16-8-3-12(18)11-15(16)19/h3-8,11,20H,2,9-10H2,1H3,(H,21,22). The fourth-order valence-electron chi connectivity index (χ4n) is 1.97. The molecule has 0 aliphatic carbocycles. The summed E-state index contributed by atoms with van der Waals surface area (Å²) in [5.41, 5.74) is 1.49. The van der Waals surface area contributed by atoms with Crippen LogP contribution in [0.4, 0.5) is 11.4 Å². The average molecular weight is 353 g/mol. The summed E-state index contributed by atoms with van der Waals surface area (Å²) in [5, 5.41) is 7.05. The van der Waals surface area contributed by atoms with Crippen LogP contribution in [0.1, 0.15) is 13.3 Å². The van der Waals surface area contributed by atoms with E-state index < -0.39 is 0 Å². The van der Waals surface area contributed by atoms with E-state index in [0.717, 1.165) is 17.1 Å². The number of halogens is 2. The van der Waals surface area contributed by atoms with Crippen LogP contribution in [0.15, 0.2) is 42.5 Å². The molecule has 0 bridgehead atoms. The Balaban J connectivity index is 1.78. The minimum atomic E-state index is -0.0771. The Kier molecular flexibility index (Phi) is 6.56. The van der Waals surface area contributed by atoms with Gasteiger partial charge in [0.1, 0.15) is 5.75 Å². The second-order valence-corrected chi connectivity index (χ2v) is 5.65. The molecule has 0 spiro atoms. The molecule has 2 rings (SSSR count). The molecule has 2 aromatic carbocycles. The van der Waals surface area contributed by atoms with Gasteiger partial charge >= 0.3 is 0 Å². The van der Waals surface area contributed by atoms with Gasteiger partial charge in [0.15, 0.2) is 0 Å². The SMILES string of the molecule is CCOc1ccc(NC(=O)CCNc2ccc(Cl)cc2Cl)cc1. The molecular weight excluding hydrogens is 335 g/mol. The lowest BCUT2D eigenvalue weighted by Crippen LogP contribution is -2.16. The van der Waals surface area contributed by atoms with Crippen molar-refractivity contribution in [1.82, 2.24) is 0 Å². The van der Waals surface area contributed by atoms with Gasteiger partial charge in [-0.3, -0.25) is 4.79 Å². The van der Waals surface area contributed by atoms with Gasteiger partial charge in [-0.15, -0.1) is 0 Å². The van der Waals surface area contributed by atoms with Gasteiger partial charge in [-0.1, -0.05) is 23.2 Å². The lowest BCUT2D eigenvalue weighted by Gasteiger charge is -2.09. The van der Waals surface area contributed by atoms with E-state index in [1.165, 1.54) is 0 Å². The Bertz CT molecular complexity index is 660. The minimum Gasteiger partial charge on any atom is -0.494 e. The Morgan fingerprint density at radius 1 is 1.13 bits per heavy atom. The highest BCUT2D eigenvalue weighted by molar-refractivity contribution is 6.36. The number of benzene rings is 2. The zero-order valence-corrected chi connectivity index (χ0v) is 14.2. The van der Waals surface area contributed by atoms with Crippen molar-refractivity contribution in [3.8, 4) is 5.75 Å². The first kappa shape index (κ1) is 17.4. The van der Waals surface area contributed by atoms with Crippen LogP contribution < -0.4 is 15.4 Å². The second kappa shape index (κ2) is 8.65. The lowest BCUT2D eigenvalue weighted by molar-refractivity contribution is -0.115. The normalized spacial score (nSPS) is 10.2. The van der Waals surface area contributed by atoms with Crippen LogP contribution in [0.5, 0.6) is 5.75 Å². The largest absolute Gasteiger partial charge is 0.494 e. The number of carbonyl (C=O) groups excluding carboxylic acids is 1. The van der Waals surface area contributed by atoms with Gasteiger partial charge in [0.2, 0.25) is 5.91 Å². The zero-order valence-electron chi connectivity index (χ0n) is 12.7. The second-order valence-electron chi connectivity index (χ2n) is 4.81. The molecule has 1 amide bonds. The summed E-state index contributed by atoms with van der Waals surface area (Å²) in [6.07, 6.45) is 0.326. The minimum absolute atomic E-state index is 0.0771. The number of anilines is 2. The number of ether oxygens (including phenoxy) is 1. The number of amides is 1. The van der Waals surface area contributed by atoms with Gasteiger partial charge in [0, 0.05) is 23.7 Å². The number of hydrogen-bond donors (Lipinski definition) is 2. The van der Waals surface area contributed by atoms with Crippen molar-refractivity contribution >= 4 is 40.5 Å². The van der Waals surface area contributed by atoms with E-state index in [-0.39, 0.29) is 5.91 Å². The Morgan fingerprint density at radius 2 is 1.87 bits per heavy atom. The molecular formula is C17H18Cl2N2O2. The van der Waals surface area contributed by atoms with Crippen LogP contribution in [-0.2, 0) is 4.79 Å². The number of rotatable bonds is 7. The highest BCUT2D eigenvalue weighted by Crippen LogP contribution is 2.25. The smallest absolute Gasteiger partial charge is 0.226 e. The topological polar surface area (TPSA) is 50.4 Å². The van der Waals surface area contributed by atoms with Gasteiger partial charge in [-0.25, -0.2) is 0 Å². The summed E-state index contributed by atoms with van der Waals surface area (Å²) in [6.45, 7) is 3.02. The van der Waals surface area contributed by atoms with Crippen molar-refractivity contribution in [2.24, 2.45) is 0 Å². The van der Waals surface area contributed by atoms with E-state index in [9.17, 15) is 4.79 Å². The molecule has 23 heavy (non-hydrogen) atoms. The molecule has 0 saturated heterocycles. The first-order chi connectivity index (χ1) is 11.1. The molecule has 0 saturated carbocycles. The number of nitrogens with one attached hydrogen (secondary N) is 2. The highest BCUT2D eigenvalue weighted by Gasteiger charge is 2.04. The third kappa shape index (κ3) is 5.66. The van der Waals surface area contributed by atoms with Crippen molar-refractivity contribution in [2.75, 3.05) is 23.8 Å². The van der Waals surface area contributed by atoms with Crippen LogP contribution in [0, 0.1) is 0 Å². The molecule has 0 radical (unpaired) electrons. The molecule has 0 aliphatic heterocycles. The predicted molar refractivity (Wildman–Crippen MR) is 95.8 cm³/mol. The molecule has 0 unspecified atom stereocenters. The van der Waals surface area contributed by atoms with Crippen molar-refractivity contribution in [1.29, 1.82) is 0 Å². The molecule has 0 fully saturated rings. The van der Waals surface area contributed by atoms with Crippen molar-refractivity contribution < 1.29 is 9.53 Å². The third-order valence-electron chi connectivity index (χ3n) is 3.05. The lowest BCUT2D eigenvalue weighted by atomic mass is 10.2. The molecule has 4 nitrogen and oxygen atoms in total. The third-order valence-corrected chi connectivity index (χ3v) is 3.60. The van der Waals surface area contributed by atoms with E-state index in [1.54, 1.807) is 18.2 Å². The van der Waals surface area contributed by atoms with Gasteiger partial charge in [0.05, 0.1) is 17.3 Å². The molecule has 0 aliphatic rings. The molecule has 122 valence electrons. The van der Waals surface area contributed by atoms with Crippen molar-refractivity contribution in [2.45, 2.75) is 13.3 Å². The molecule has 2 aromatic rings. The molecule has 2 N–H and O–H groups in total. The Hall–Kier alpha value is -1.91. The van der Waals surface area contributed by atoms with E-state index in [0.29, 0.717) is 29.6 Å².